The minimum Gasteiger partial charge on any atom is -0.468 e. The number of carbonyl (C=O) groups excluding carboxylic acids is 1. The van der Waals surface area contributed by atoms with Gasteiger partial charge in [0.25, 0.3) is 0 Å². The minimum atomic E-state index is -0.759. The van der Waals surface area contributed by atoms with Crippen LogP contribution in [0.5, 0.6) is 0 Å². The molecule has 0 bridgehead atoms. The zero-order chi connectivity index (χ0) is 11.9. The van der Waals surface area contributed by atoms with Gasteiger partial charge >= 0.3 is 5.97 Å². The summed E-state index contributed by atoms with van der Waals surface area (Å²) in [5.41, 5.74) is -1.65. The van der Waals surface area contributed by atoms with Gasteiger partial charge in [0.15, 0.2) is 0 Å². The van der Waals surface area contributed by atoms with E-state index in [9.17, 15) is 4.79 Å². The van der Waals surface area contributed by atoms with E-state index in [-0.39, 0.29) is 11.6 Å². The highest BCUT2D eigenvalue weighted by molar-refractivity contribution is 5.83. The smallest absolute Gasteiger partial charge is 0.329 e. The van der Waals surface area contributed by atoms with Crippen molar-refractivity contribution in [2.24, 2.45) is 0 Å². The van der Waals surface area contributed by atoms with E-state index in [1.165, 1.54) is 7.11 Å². The molecule has 88 valence electrons. The Bertz CT molecular complexity index is 273. The van der Waals surface area contributed by atoms with Gasteiger partial charge in [0, 0.05) is 6.42 Å². The second kappa shape index (κ2) is 3.46. The molecule has 0 aliphatic carbocycles. The number of esters is 1. The molecule has 0 spiro atoms. The van der Waals surface area contributed by atoms with Crippen molar-refractivity contribution in [1.82, 2.24) is 5.32 Å². The first-order chi connectivity index (χ1) is 6.71. The zero-order valence-electron chi connectivity index (χ0n) is 10.4. The molecule has 0 radical (unpaired) electrons. The number of nitrogens with one attached hydrogen (secondary N) is 1. The molecule has 4 heteroatoms. The summed E-state index contributed by atoms with van der Waals surface area (Å²) in [6.45, 7) is 7.79. The topological polar surface area (TPSA) is 47.6 Å². The van der Waals surface area contributed by atoms with Crippen LogP contribution in [-0.2, 0) is 14.3 Å². The number of ether oxygens (including phenoxy) is 2. The van der Waals surface area contributed by atoms with Crippen LogP contribution in [-0.4, -0.2) is 36.9 Å². The molecule has 1 atom stereocenters. The lowest BCUT2D eigenvalue weighted by molar-refractivity contribution is -0.156. The van der Waals surface area contributed by atoms with E-state index < -0.39 is 11.1 Å². The van der Waals surface area contributed by atoms with Crippen molar-refractivity contribution in [3.63, 3.8) is 0 Å². The minimum absolute atomic E-state index is 0.263. The molecule has 1 heterocycles. The van der Waals surface area contributed by atoms with Gasteiger partial charge in [-0.2, -0.15) is 0 Å². The van der Waals surface area contributed by atoms with Crippen LogP contribution in [0.1, 0.15) is 34.1 Å². The SMILES string of the molecule is CNC1(C(=O)OC)CC(C)(C)OC1(C)C. The van der Waals surface area contributed by atoms with Crippen LogP contribution in [0.15, 0.2) is 0 Å². The van der Waals surface area contributed by atoms with Gasteiger partial charge in [0.2, 0.25) is 0 Å². The molecule has 0 saturated carbocycles. The van der Waals surface area contributed by atoms with Crippen molar-refractivity contribution >= 4 is 5.97 Å². The predicted molar refractivity (Wildman–Crippen MR) is 57.7 cm³/mol. The molecule has 0 aromatic heterocycles. The van der Waals surface area contributed by atoms with Gasteiger partial charge in [-0.15, -0.1) is 0 Å². The average molecular weight is 215 g/mol. The molecular formula is C11H21NO3. The molecule has 4 nitrogen and oxygen atoms in total. The fourth-order valence-electron chi connectivity index (χ4n) is 2.65. The molecular weight excluding hydrogens is 194 g/mol. The molecule has 1 unspecified atom stereocenters. The summed E-state index contributed by atoms with van der Waals surface area (Å²) in [4.78, 5) is 11.9. The highest BCUT2D eigenvalue weighted by Gasteiger charge is 2.61. The molecule has 1 aliphatic heterocycles. The second-order valence-electron chi connectivity index (χ2n) is 5.20. The highest BCUT2D eigenvalue weighted by atomic mass is 16.6. The van der Waals surface area contributed by atoms with Crippen LogP contribution in [0, 0.1) is 0 Å². The quantitative estimate of drug-likeness (QED) is 0.701. The molecule has 0 aromatic carbocycles. The molecule has 15 heavy (non-hydrogen) atoms. The lowest BCUT2D eigenvalue weighted by Crippen LogP contribution is -2.61. The number of likely N-dealkylation sites (N-methyl/N-ethyl adjacent to an activating group) is 1. The third-order valence-corrected chi connectivity index (χ3v) is 3.21. The molecule has 1 rings (SSSR count). The van der Waals surface area contributed by atoms with Crippen LogP contribution in [0.25, 0.3) is 0 Å². The fraction of sp³-hybridized carbons (Fsp3) is 0.909. The number of hydrogen-bond acceptors (Lipinski definition) is 4. The van der Waals surface area contributed by atoms with Gasteiger partial charge in [-0.3, -0.25) is 0 Å². The third kappa shape index (κ3) is 1.76. The summed E-state index contributed by atoms with van der Waals surface area (Å²) in [5, 5.41) is 3.07. The maximum absolute atomic E-state index is 11.9. The van der Waals surface area contributed by atoms with E-state index in [0.29, 0.717) is 6.42 Å². The molecule has 1 saturated heterocycles. The molecule has 1 aliphatic rings. The standard InChI is InChI=1S/C11H21NO3/c1-9(2)7-11(12-5,8(13)14-6)10(3,4)15-9/h12H,7H2,1-6H3. The first-order valence-electron chi connectivity index (χ1n) is 5.18. The Hall–Kier alpha value is -0.610. The summed E-state index contributed by atoms with van der Waals surface area (Å²) in [6, 6.07) is 0. The van der Waals surface area contributed by atoms with Gasteiger partial charge in [-0.25, -0.2) is 4.79 Å². The van der Waals surface area contributed by atoms with E-state index >= 15 is 0 Å². The molecule has 1 fully saturated rings. The summed E-state index contributed by atoms with van der Waals surface area (Å²) >= 11 is 0. The molecule has 0 amide bonds. The van der Waals surface area contributed by atoms with E-state index in [4.69, 9.17) is 9.47 Å². The Labute approximate surface area is 91.3 Å². The summed E-state index contributed by atoms with van der Waals surface area (Å²) in [5.74, 6) is -0.263. The lowest BCUT2D eigenvalue weighted by atomic mass is 9.79. The van der Waals surface area contributed by atoms with Gasteiger partial charge in [0.05, 0.1) is 18.3 Å². The number of hydrogen-bond donors (Lipinski definition) is 1. The number of methoxy groups -OCH3 is 1. The Morgan fingerprint density at radius 1 is 1.33 bits per heavy atom. The summed E-state index contributed by atoms with van der Waals surface area (Å²) < 4.78 is 10.8. The monoisotopic (exact) mass is 215 g/mol. The van der Waals surface area contributed by atoms with Crippen LogP contribution >= 0.6 is 0 Å². The zero-order valence-corrected chi connectivity index (χ0v) is 10.4. The van der Waals surface area contributed by atoms with E-state index in [1.54, 1.807) is 7.05 Å². The van der Waals surface area contributed by atoms with Crippen molar-refractivity contribution in [3.05, 3.63) is 0 Å². The van der Waals surface area contributed by atoms with E-state index in [2.05, 4.69) is 5.32 Å². The Morgan fingerprint density at radius 3 is 2.13 bits per heavy atom. The first kappa shape index (κ1) is 12.5. The predicted octanol–water partition coefficient (Wildman–Crippen LogP) is 1.10. The van der Waals surface area contributed by atoms with Crippen LogP contribution < -0.4 is 5.32 Å². The maximum atomic E-state index is 11.9. The van der Waals surface area contributed by atoms with E-state index in [1.807, 2.05) is 27.7 Å². The third-order valence-electron chi connectivity index (χ3n) is 3.21. The molecule has 1 N–H and O–H groups in total. The van der Waals surface area contributed by atoms with Crippen LogP contribution in [0.2, 0.25) is 0 Å². The molecule has 0 aromatic rings. The fourth-order valence-corrected chi connectivity index (χ4v) is 2.65. The maximum Gasteiger partial charge on any atom is 0.329 e. The highest BCUT2D eigenvalue weighted by Crippen LogP contribution is 2.45. The van der Waals surface area contributed by atoms with Crippen LogP contribution in [0.3, 0.4) is 0 Å². The van der Waals surface area contributed by atoms with Crippen molar-refractivity contribution in [1.29, 1.82) is 0 Å². The van der Waals surface area contributed by atoms with Crippen molar-refractivity contribution in [2.75, 3.05) is 14.2 Å². The number of carbonyl (C=O) groups is 1. The lowest BCUT2D eigenvalue weighted by Gasteiger charge is -2.36. The number of rotatable bonds is 2. The van der Waals surface area contributed by atoms with Gasteiger partial charge in [0.1, 0.15) is 5.54 Å². The van der Waals surface area contributed by atoms with Gasteiger partial charge < -0.3 is 14.8 Å². The van der Waals surface area contributed by atoms with Gasteiger partial charge in [-0.1, -0.05) is 0 Å². The summed E-state index contributed by atoms with van der Waals surface area (Å²) in [7, 11) is 3.17. The normalized spacial score (nSPS) is 32.7. The van der Waals surface area contributed by atoms with E-state index in [0.717, 1.165) is 0 Å². The van der Waals surface area contributed by atoms with Gasteiger partial charge in [-0.05, 0) is 34.7 Å². The summed E-state index contributed by atoms with van der Waals surface area (Å²) in [6.07, 6.45) is 0.607. The Morgan fingerprint density at radius 2 is 1.87 bits per heavy atom. The Balaban J connectivity index is 3.14. The first-order valence-corrected chi connectivity index (χ1v) is 5.18. The largest absolute Gasteiger partial charge is 0.468 e. The van der Waals surface area contributed by atoms with Crippen molar-refractivity contribution in [2.45, 2.75) is 50.9 Å². The average Bonchev–Trinajstić information content (AvgIpc) is 2.29. The van der Waals surface area contributed by atoms with Crippen molar-refractivity contribution < 1.29 is 14.3 Å². The van der Waals surface area contributed by atoms with Crippen LogP contribution in [0.4, 0.5) is 0 Å². The second-order valence-corrected chi connectivity index (χ2v) is 5.20. The van der Waals surface area contributed by atoms with Crippen molar-refractivity contribution in [3.8, 4) is 0 Å². The Kier molecular flexibility index (Phi) is 2.87.